The number of alkyl halides is 3. The lowest BCUT2D eigenvalue weighted by Gasteiger charge is -2.27. The Balaban J connectivity index is 2.34. The van der Waals surface area contributed by atoms with Crippen LogP contribution in [0.5, 0.6) is 0 Å². The van der Waals surface area contributed by atoms with E-state index in [-0.39, 0.29) is 22.2 Å². The van der Waals surface area contributed by atoms with E-state index in [1.54, 1.807) is 0 Å². The predicted octanol–water partition coefficient (Wildman–Crippen LogP) is 3.47. The number of carbonyl (C=O) groups is 2. The highest BCUT2D eigenvalue weighted by Crippen LogP contribution is 2.46. The number of carbonyl (C=O) groups excluding carboxylic acids is 1. The van der Waals surface area contributed by atoms with Gasteiger partial charge in [0.2, 0.25) is 0 Å². The summed E-state index contributed by atoms with van der Waals surface area (Å²) in [4.78, 5) is 24.2. The summed E-state index contributed by atoms with van der Waals surface area (Å²) in [5, 5.41) is 8.96. The summed E-state index contributed by atoms with van der Waals surface area (Å²) in [6.07, 6.45) is -5.67. The molecule has 9 heteroatoms. The molecule has 1 fully saturated rings. The van der Waals surface area contributed by atoms with Gasteiger partial charge in [-0.15, -0.1) is 0 Å². The number of hydrogen-bond donors (Lipinski definition) is 1. The number of rotatable bonds is 2. The van der Waals surface area contributed by atoms with Gasteiger partial charge >= 0.3 is 12.1 Å². The summed E-state index contributed by atoms with van der Waals surface area (Å²) in [5.41, 5.74) is -3.09. The van der Waals surface area contributed by atoms with Crippen molar-refractivity contribution in [2.45, 2.75) is 12.6 Å². The molecule has 0 spiro atoms. The lowest BCUT2D eigenvalue weighted by Crippen LogP contribution is -2.47. The van der Waals surface area contributed by atoms with Gasteiger partial charge in [0, 0.05) is 13.1 Å². The highest BCUT2D eigenvalue weighted by atomic mass is 35.5. The first-order valence-corrected chi connectivity index (χ1v) is 6.89. The third-order valence-corrected chi connectivity index (χ3v) is 4.32. The molecule has 4 nitrogen and oxygen atoms in total. The summed E-state index contributed by atoms with van der Waals surface area (Å²) < 4.78 is 39.3. The van der Waals surface area contributed by atoms with E-state index < -0.39 is 36.4 Å². The summed E-state index contributed by atoms with van der Waals surface area (Å²) in [6, 6.07) is 4.25. The minimum atomic E-state index is -4.96. The molecule has 0 aliphatic carbocycles. The van der Waals surface area contributed by atoms with E-state index in [9.17, 15) is 22.8 Å². The van der Waals surface area contributed by atoms with Crippen LogP contribution in [0.3, 0.4) is 0 Å². The van der Waals surface area contributed by atoms with Crippen molar-refractivity contribution in [3.8, 4) is 0 Å². The molecule has 0 aromatic heterocycles. The molecule has 0 bridgehead atoms. The van der Waals surface area contributed by atoms with Crippen molar-refractivity contribution >= 4 is 35.1 Å². The highest BCUT2D eigenvalue weighted by Gasteiger charge is 2.64. The number of benzene rings is 1. The fourth-order valence-corrected chi connectivity index (χ4v) is 2.93. The molecule has 1 amide bonds. The number of amides is 1. The summed E-state index contributed by atoms with van der Waals surface area (Å²) in [7, 11) is 0. The zero-order valence-corrected chi connectivity index (χ0v) is 12.5. The van der Waals surface area contributed by atoms with Crippen LogP contribution in [-0.2, 0) is 4.79 Å². The van der Waals surface area contributed by atoms with E-state index in [1.807, 2.05) is 0 Å². The molecule has 1 aliphatic rings. The molecule has 1 aromatic carbocycles. The van der Waals surface area contributed by atoms with Crippen molar-refractivity contribution in [1.29, 1.82) is 0 Å². The monoisotopic (exact) mass is 355 g/mol. The van der Waals surface area contributed by atoms with Gasteiger partial charge < -0.3 is 10.0 Å². The largest absolute Gasteiger partial charge is 0.481 e. The highest BCUT2D eigenvalue weighted by molar-refractivity contribution is 6.39. The minimum absolute atomic E-state index is 0.00247. The second-order valence-electron chi connectivity index (χ2n) is 4.96. The third kappa shape index (κ3) is 2.63. The number of halogens is 5. The van der Waals surface area contributed by atoms with Gasteiger partial charge in [0.15, 0.2) is 5.41 Å². The lowest BCUT2D eigenvalue weighted by atomic mass is 9.86. The smallest absolute Gasteiger partial charge is 0.406 e. The van der Waals surface area contributed by atoms with Crippen LogP contribution in [-0.4, -0.2) is 41.1 Å². The first kappa shape index (κ1) is 16.9. The van der Waals surface area contributed by atoms with Crippen LogP contribution in [0.1, 0.15) is 16.8 Å². The van der Waals surface area contributed by atoms with Gasteiger partial charge in [-0.2, -0.15) is 13.2 Å². The average molecular weight is 356 g/mol. The van der Waals surface area contributed by atoms with Gasteiger partial charge in [0.1, 0.15) is 0 Å². The van der Waals surface area contributed by atoms with Crippen molar-refractivity contribution < 1.29 is 27.9 Å². The molecular formula is C13H10Cl2F3NO3. The van der Waals surface area contributed by atoms with Crippen LogP contribution >= 0.6 is 23.2 Å². The van der Waals surface area contributed by atoms with Crippen LogP contribution in [0.25, 0.3) is 0 Å². The van der Waals surface area contributed by atoms with E-state index in [4.69, 9.17) is 28.3 Å². The van der Waals surface area contributed by atoms with E-state index in [0.29, 0.717) is 0 Å². The minimum Gasteiger partial charge on any atom is -0.481 e. The van der Waals surface area contributed by atoms with E-state index >= 15 is 0 Å². The molecule has 1 unspecified atom stereocenters. The fourth-order valence-electron chi connectivity index (χ4n) is 2.37. The van der Waals surface area contributed by atoms with E-state index in [1.165, 1.54) is 18.2 Å². The number of carboxylic acid groups (broad SMARTS) is 1. The Morgan fingerprint density at radius 3 is 2.18 bits per heavy atom. The summed E-state index contributed by atoms with van der Waals surface area (Å²) in [6.45, 7) is -1.31. The molecule has 1 atom stereocenters. The first-order valence-electron chi connectivity index (χ1n) is 6.13. The van der Waals surface area contributed by atoms with Crippen molar-refractivity contribution in [3.63, 3.8) is 0 Å². The van der Waals surface area contributed by atoms with Crippen LogP contribution < -0.4 is 0 Å². The van der Waals surface area contributed by atoms with Crippen molar-refractivity contribution in [3.05, 3.63) is 33.8 Å². The SMILES string of the molecule is O=C(c1c(Cl)cccc1Cl)N1CCC(C(=O)O)(C(F)(F)F)C1. The molecule has 2 rings (SSSR count). The van der Waals surface area contributed by atoms with Gasteiger partial charge in [0.05, 0.1) is 15.6 Å². The van der Waals surface area contributed by atoms with Crippen LogP contribution in [0.4, 0.5) is 13.2 Å². The zero-order valence-electron chi connectivity index (χ0n) is 11.0. The van der Waals surface area contributed by atoms with Crippen LogP contribution in [0, 0.1) is 5.41 Å². The zero-order chi connectivity index (χ0) is 16.7. The number of nitrogens with zero attached hydrogens (tertiary/aromatic N) is 1. The molecule has 1 aromatic rings. The quantitative estimate of drug-likeness (QED) is 0.883. The Kier molecular flexibility index (Phi) is 4.32. The molecule has 1 heterocycles. The second-order valence-corrected chi connectivity index (χ2v) is 5.77. The van der Waals surface area contributed by atoms with Gasteiger partial charge in [-0.25, -0.2) is 0 Å². The Bertz CT molecular complexity index is 615. The maximum absolute atomic E-state index is 13.1. The second kappa shape index (κ2) is 5.62. The van der Waals surface area contributed by atoms with Gasteiger partial charge in [-0.1, -0.05) is 29.3 Å². The molecular weight excluding hydrogens is 346 g/mol. The number of likely N-dealkylation sites (tertiary alicyclic amines) is 1. The number of aliphatic carboxylic acids is 1. The molecule has 0 saturated carbocycles. The number of hydrogen-bond acceptors (Lipinski definition) is 2. The molecule has 1 saturated heterocycles. The van der Waals surface area contributed by atoms with E-state index in [2.05, 4.69) is 0 Å². The maximum atomic E-state index is 13.1. The van der Waals surface area contributed by atoms with Gasteiger partial charge in [-0.05, 0) is 18.6 Å². The third-order valence-electron chi connectivity index (χ3n) is 3.69. The standard InChI is InChI=1S/C13H10Cl2F3NO3/c14-7-2-1-3-8(15)9(7)10(20)19-5-4-12(6-19,11(21)22)13(16,17)18/h1-3H,4-6H2,(H,21,22). The Labute approximate surface area is 133 Å². The molecule has 22 heavy (non-hydrogen) atoms. The average Bonchev–Trinajstić information content (AvgIpc) is 2.84. The Morgan fingerprint density at radius 1 is 1.23 bits per heavy atom. The maximum Gasteiger partial charge on any atom is 0.406 e. The molecule has 1 N–H and O–H groups in total. The normalized spacial score (nSPS) is 22.0. The van der Waals surface area contributed by atoms with Crippen molar-refractivity contribution in [1.82, 2.24) is 4.90 Å². The molecule has 1 aliphatic heterocycles. The lowest BCUT2D eigenvalue weighted by molar-refractivity contribution is -0.227. The predicted molar refractivity (Wildman–Crippen MR) is 73.1 cm³/mol. The van der Waals surface area contributed by atoms with Crippen LogP contribution in [0.15, 0.2) is 18.2 Å². The Hall–Kier alpha value is -1.47. The first-order chi connectivity index (χ1) is 10.1. The summed E-state index contributed by atoms with van der Waals surface area (Å²) >= 11 is 11.7. The number of carboxylic acids is 1. The molecule has 120 valence electrons. The Morgan fingerprint density at radius 2 is 1.77 bits per heavy atom. The van der Waals surface area contributed by atoms with Crippen molar-refractivity contribution in [2.75, 3.05) is 13.1 Å². The summed E-state index contributed by atoms with van der Waals surface area (Å²) in [5.74, 6) is -2.82. The fraction of sp³-hybridized carbons (Fsp3) is 0.385. The van der Waals surface area contributed by atoms with Crippen LogP contribution in [0.2, 0.25) is 10.0 Å². The van der Waals surface area contributed by atoms with Gasteiger partial charge in [-0.3, -0.25) is 9.59 Å². The van der Waals surface area contributed by atoms with E-state index in [0.717, 1.165) is 4.90 Å². The van der Waals surface area contributed by atoms with Gasteiger partial charge in [0.25, 0.3) is 5.91 Å². The molecule has 0 radical (unpaired) electrons. The van der Waals surface area contributed by atoms with Crippen molar-refractivity contribution in [2.24, 2.45) is 5.41 Å². The topological polar surface area (TPSA) is 57.6 Å².